The monoisotopic (exact) mass is 394 g/mol. The molecule has 0 saturated heterocycles. The fourth-order valence-electron chi connectivity index (χ4n) is 3.03. The van der Waals surface area contributed by atoms with Crippen LogP contribution in [0.15, 0.2) is 72.1 Å². The summed E-state index contributed by atoms with van der Waals surface area (Å²) in [6, 6.07) is 22.4. The Balaban J connectivity index is 1.55. The molecule has 1 N–H and O–H groups in total. The first-order chi connectivity index (χ1) is 13.6. The number of carbonyl (C=O) groups is 1. The van der Waals surface area contributed by atoms with E-state index in [0.717, 1.165) is 17.7 Å². The molecule has 5 heteroatoms. The maximum atomic E-state index is 12.3. The van der Waals surface area contributed by atoms with Gasteiger partial charge in [-0.25, -0.2) is 0 Å². The van der Waals surface area contributed by atoms with Gasteiger partial charge in [-0.15, -0.1) is 11.3 Å². The van der Waals surface area contributed by atoms with Crippen molar-refractivity contribution < 1.29 is 9.53 Å². The van der Waals surface area contributed by atoms with E-state index in [-0.39, 0.29) is 18.6 Å². The number of carbonyl (C=O) groups excluding carboxylic acids is 1. The van der Waals surface area contributed by atoms with E-state index in [0.29, 0.717) is 6.54 Å². The molecule has 3 aromatic rings. The van der Waals surface area contributed by atoms with Gasteiger partial charge in [0.2, 0.25) is 0 Å². The minimum absolute atomic E-state index is 0.0103. The molecular formula is C23H26N2O2S. The summed E-state index contributed by atoms with van der Waals surface area (Å²) >= 11 is 1.70. The molecule has 0 unspecified atom stereocenters. The number of amides is 1. The van der Waals surface area contributed by atoms with Crippen LogP contribution in [0.3, 0.4) is 0 Å². The number of hydrogen-bond donors (Lipinski definition) is 1. The molecule has 0 bridgehead atoms. The fraction of sp³-hybridized carbons (Fsp3) is 0.261. The molecule has 1 atom stereocenters. The summed E-state index contributed by atoms with van der Waals surface area (Å²) < 4.78 is 5.83. The molecule has 4 nitrogen and oxygen atoms in total. The maximum Gasteiger partial charge on any atom is 0.258 e. The lowest BCUT2D eigenvalue weighted by atomic mass is 10.0. The standard InChI is InChI=1S/C23H26N2O2S/c1-25(2)20(22-13-8-14-28-22)16-24-23(26)17-27-21-12-7-6-11-19(21)15-18-9-4-3-5-10-18/h3-14,20H,15-17H2,1-2H3,(H,24,26)/t20-/m1/s1. The zero-order chi connectivity index (χ0) is 19.8. The lowest BCUT2D eigenvalue weighted by Gasteiger charge is -2.23. The van der Waals surface area contributed by atoms with Crippen LogP contribution >= 0.6 is 11.3 Å². The van der Waals surface area contributed by atoms with E-state index in [9.17, 15) is 4.79 Å². The molecule has 0 aliphatic carbocycles. The predicted octanol–water partition coefficient (Wildman–Crippen LogP) is 4.14. The van der Waals surface area contributed by atoms with Crippen LogP contribution in [0.25, 0.3) is 0 Å². The first-order valence-electron chi connectivity index (χ1n) is 9.34. The molecule has 1 amide bonds. The largest absolute Gasteiger partial charge is 0.483 e. The van der Waals surface area contributed by atoms with Gasteiger partial charge in [0.1, 0.15) is 5.75 Å². The van der Waals surface area contributed by atoms with Gasteiger partial charge >= 0.3 is 0 Å². The summed E-state index contributed by atoms with van der Waals surface area (Å²) in [6.07, 6.45) is 0.777. The second kappa shape index (κ2) is 10.1. The van der Waals surface area contributed by atoms with E-state index in [2.05, 4.69) is 33.8 Å². The third-order valence-electron chi connectivity index (χ3n) is 4.56. The summed E-state index contributed by atoms with van der Waals surface area (Å²) in [6.45, 7) is 0.567. The highest BCUT2D eigenvalue weighted by atomic mass is 32.1. The Labute approximate surface area is 170 Å². The Morgan fingerprint density at radius 2 is 1.79 bits per heavy atom. The van der Waals surface area contributed by atoms with Crippen molar-refractivity contribution in [3.63, 3.8) is 0 Å². The third-order valence-corrected chi connectivity index (χ3v) is 5.53. The molecule has 1 aromatic heterocycles. The van der Waals surface area contributed by atoms with Crippen LogP contribution in [0.5, 0.6) is 5.75 Å². The van der Waals surface area contributed by atoms with E-state index in [1.807, 2.05) is 62.6 Å². The van der Waals surface area contributed by atoms with Crippen molar-refractivity contribution in [3.8, 4) is 5.75 Å². The Morgan fingerprint density at radius 3 is 2.50 bits per heavy atom. The molecule has 0 fully saturated rings. The topological polar surface area (TPSA) is 41.6 Å². The third kappa shape index (κ3) is 5.68. The second-order valence-corrected chi connectivity index (χ2v) is 7.84. The number of benzene rings is 2. The van der Waals surface area contributed by atoms with Gasteiger partial charge in [-0.05, 0) is 42.7 Å². The van der Waals surface area contributed by atoms with Gasteiger partial charge in [0, 0.05) is 17.8 Å². The van der Waals surface area contributed by atoms with Crippen molar-refractivity contribution in [3.05, 3.63) is 88.1 Å². The summed E-state index contributed by atoms with van der Waals surface area (Å²) in [7, 11) is 4.04. The maximum absolute atomic E-state index is 12.3. The van der Waals surface area contributed by atoms with E-state index in [1.165, 1.54) is 10.4 Å². The van der Waals surface area contributed by atoms with Crippen molar-refractivity contribution in [1.29, 1.82) is 0 Å². The first-order valence-corrected chi connectivity index (χ1v) is 10.2. The van der Waals surface area contributed by atoms with E-state index in [1.54, 1.807) is 11.3 Å². The fourth-order valence-corrected chi connectivity index (χ4v) is 3.95. The van der Waals surface area contributed by atoms with Crippen molar-refractivity contribution in [2.75, 3.05) is 27.2 Å². The van der Waals surface area contributed by atoms with E-state index < -0.39 is 0 Å². The average Bonchev–Trinajstić information content (AvgIpc) is 3.22. The average molecular weight is 395 g/mol. The van der Waals surface area contributed by atoms with Crippen molar-refractivity contribution >= 4 is 17.2 Å². The Bertz CT molecular complexity index is 863. The number of para-hydroxylation sites is 1. The first kappa shape index (κ1) is 20.1. The van der Waals surface area contributed by atoms with E-state index >= 15 is 0 Å². The SMILES string of the molecule is CN(C)[C@H](CNC(=O)COc1ccccc1Cc1ccccc1)c1cccs1. The van der Waals surface area contributed by atoms with Crippen LogP contribution < -0.4 is 10.1 Å². The predicted molar refractivity (Wildman–Crippen MR) is 115 cm³/mol. The van der Waals surface area contributed by atoms with Crippen molar-refractivity contribution in [2.24, 2.45) is 0 Å². The van der Waals surface area contributed by atoms with Gasteiger partial charge in [-0.1, -0.05) is 54.6 Å². The molecule has 3 rings (SSSR count). The highest BCUT2D eigenvalue weighted by molar-refractivity contribution is 7.10. The van der Waals surface area contributed by atoms with Crippen LogP contribution in [0, 0.1) is 0 Å². The molecule has 0 aliphatic heterocycles. The van der Waals surface area contributed by atoms with Crippen LogP contribution in [0.2, 0.25) is 0 Å². The molecule has 0 spiro atoms. The second-order valence-electron chi connectivity index (χ2n) is 6.86. The minimum atomic E-state index is -0.113. The molecule has 1 heterocycles. The highest BCUT2D eigenvalue weighted by Crippen LogP contribution is 2.23. The Morgan fingerprint density at radius 1 is 1.04 bits per heavy atom. The number of ether oxygens (including phenoxy) is 1. The van der Waals surface area contributed by atoms with Gasteiger partial charge in [-0.2, -0.15) is 0 Å². The highest BCUT2D eigenvalue weighted by Gasteiger charge is 2.16. The van der Waals surface area contributed by atoms with E-state index in [4.69, 9.17) is 4.74 Å². The number of likely N-dealkylation sites (N-methyl/N-ethyl adjacent to an activating group) is 1. The number of nitrogens with one attached hydrogen (secondary N) is 1. The molecular weight excluding hydrogens is 368 g/mol. The van der Waals surface area contributed by atoms with Crippen LogP contribution in [-0.2, 0) is 11.2 Å². The van der Waals surface area contributed by atoms with Gasteiger partial charge < -0.3 is 15.0 Å². The molecule has 0 radical (unpaired) electrons. The van der Waals surface area contributed by atoms with Gasteiger partial charge in [0.15, 0.2) is 6.61 Å². The Kier molecular flexibility index (Phi) is 7.23. The zero-order valence-electron chi connectivity index (χ0n) is 16.3. The smallest absolute Gasteiger partial charge is 0.258 e. The van der Waals surface area contributed by atoms with Crippen molar-refractivity contribution in [1.82, 2.24) is 10.2 Å². The van der Waals surface area contributed by atoms with Gasteiger partial charge in [-0.3, -0.25) is 4.79 Å². The lowest BCUT2D eigenvalue weighted by Crippen LogP contribution is -2.36. The molecule has 0 saturated carbocycles. The molecule has 28 heavy (non-hydrogen) atoms. The molecule has 146 valence electrons. The minimum Gasteiger partial charge on any atom is -0.483 e. The van der Waals surface area contributed by atoms with Crippen LogP contribution in [-0.4, -0.2) is 38.1 Å². The van der Waals surface area contributed by atoms with Crippen LogP contribution in [0.1, 0.15) is 22.0 Å². The van der Waals surface area contributed by atoms with Gasteiger partial charge in [0.25, 0.3) is 5.91 Å². The van der Waals surface area contributed by atoms with Crippen LogP contribution in [0.4, 0.5) is 0 Å². The zero-order valence-corrected chi connectivity index (χ0v) is 17.1. The van der Waals surface area contributed by atoms with Gasteiger partial charge in [0.05, 0.1) is 6.04 Å². The Hall–Kier alpha value is -2.63. The number of thiophene rings is 1. The quantitative estimate of drug-likeness (QED) is 0.593. The van der Waals surface area contributed by atoms with Crippen molar-refractivity contribution in [2.45, 2.75) is 12.5 Å². The normalized spacial score (nSPS) is 12.0. The lowest BCUT2D eigenvalue weighted by molar-refractivity contribution is -0.123. The summed E-state index contributed by atoms with van der Waals surface area (Å²) in [5, 5.41) is 5.05. The molecule has 2 aromatic carbocycles. The summed E-state index contributed by atoms with van der Waals surface area (Å²) in [5.74, 6) is 0.641. The summed E-state index contributed by atoms with van der Waals surface area (Å²) in [5.41, 5.74) is 2.29. The number of hydrogen-bond acceptors (Lipinski definition) is 4. The summed E-state index contributed by atoms with van der Waals surface area (Å²) in [4.78, 5) is 15.7. The number of nitrogens with zero attached hydrogens (tertiary/aromatic N) is 1. The molecule has 0 aliphatic rings. The number of rotatable bonds is 9.